The van der Waals surface area contributed by atoms with E-state index in [1.165, 1.54) is 11.1 Å². The van der Waals surface area contributed by atoms with E-state index in [0.717, 1.165) is 36.1 Å². The zero-order chi connectivity index (χ0) is 13.9. The van der Waals surface area contributed by atoms with Crippen LogP contribution in [0.5, 0.6) is 11.5 Å². The quantitative estimate of drug-likeness (QED) is 0.613. The SMILES string of the molecule is CN1CCc2cccc3c2[C@H]1Cc1ccc(O)c(O)c1-3.O.[Cl-]. The van der Waals surface area contributed by atoms with Crippen molar-refractivity contribution in [1.29, 1.82) is 0 Å². The van der Waals surface area contributed by atoms with Crippen LogP contribution in [0.2, 0.25) is 0 Å². The van der Waals surface area contributed by atoms with Gasteiger partial charge in [0.2, 0.25) is 0 Å². The largest absolute Gasteiger partial charge is 1.00 e. The minimum atomic E-state index is -0.0380. The van der Waals surface area contributed by atoms with Crippen LogP contribution in [0.15, 0.2) is 30.3 Å². The highest BCUT2D eigenvalue weighted by Crippen LogP contribution is 2.49. The maximum absolute atomic E-state index is 10.3. The van der Waals surface area contributed by atoms with Gasteiger partial charge in [-0.3, -0.25) is 4.90 Å². The number of hydrogen-bond acceptors (Lipinski definition) is 3. The number of likely N-dealkylation sites (N-methyl/N-ethyl adjacent to an activating group) is 1. The molecule has 4 rings (SSSR count). The number of rotatable bonds is 0. The lowest BCUT2D eigenvalue weighted by Crippen LogP contribution is -3.00. The van der Waals surface area contributed by atoms with Crippen molar-refractivity contribution in [2.45, 2.75) is 18.9 Å². The van der Waals surface area contributed by atoms with Crippen molar-refractivity contribution in [3.8, 4) is 22.6 Å². The molecule has 2 aromatic rings. The molecule has 2 aliphatic rings. The second kappa shape index (κ2) is 5.80. The van der Waals surface area contributed by atoms with Crippen LogP contribution in [-0.4, -0.2) is 34.2 Å². The van der Waals surface area contributed by atoms with E-state index in [9.17, 15) is 10.2 Å². The normalized spacial score (nSPS) is 18.5. The highest BCUT2D eigenvalue weighted by atomic mass is 35.5. The Bertz CT molecular complexity index is 717. The molecule has 0 unspecified atom stereocenters. The van der Waals surface area contributed by atoms with E-state index in [1.807, 2.05) is 6.07 Å². The first-order valence-electron chi connectivity index (χ1n) is 7.03. The number of aromatic hydroxyl groups is 2. The average Bonchev–Trinajstić information content (AvgIpc) is 2.46. The summed E-state index contributed by atoms with van der Waals surface area (Å²) in [4.78, 5) is 2.39. The van der Waals surface area contributed by atoms with Gasteiger partial charge in [-0.25, -0.2) is 0 Å². The van der Waals surface area contributed by atoms with Crippen molar-refractivity contribution in [3.05, 3.63) is 47.0 Å². The fourth-order valence-corrected chi connectivity index (χ4v) is 3.67. The number of halogens is 1. The number of hydrogen-bond donors (Lipinski definition) is 2. The molecule has 0 aromatic heterocycles. The molecule has 0 spiro atoms. The summed E-state index contributed by atoms with van der Waals surface area (Å²) in [7, 11) is 2.16. The smallest absolute Gasteiger partial charge is 0.165 e. The van der Waals surface area contributed by atoms with Crippen LogP contribution in [-0.2, 0) is 12.8 Å². The summed E-state index contributed by atoms with van der Waals surface area (Å²) in [5.41, 5.74) is 5.71. The van der Waals surface area contributed by atoms with Gasteiger partial charge in [-0.15, -0.1) is 0 Å². The standard InChI is InChI=1S/C17H17NO2.ClH.H2O/c1-18-8-7-10-3-2-4-12-15(10)13(18)9-11-5-6-14(19)17(20)16(11)12;;/h2-6,13,19-20H,7-9H2,1H3;1H;1H2/p-1/t13-;;/m1../s1. The molecule has 2 aromatic carbocycles. The van der Waals surface area contributed by atoms with Crippen molar-refractivity contribution in [3.63, 3.8) is 0 Å². The third-order valence-corrected chi connectivity index (χ3v) is 4.72. The van der Waals surface area contributed by atoms with Crippen LogP contribution in [0.1, 0.15) is 22.7 Å². The highest BCUT2D eigenvalue weighted by Gasteiger charge is 2.33. The number of benzene rings is 2. The Morgan fingerprint density at radius 2 is 1.86 bits per heavy atom. The molecule has 1 aliphatic carbocycles. The van der Waals surface area contributed by atoms with Crippen molar-refractivity contribution < 1.29 is 28.1 Å². The molecule has 0 amide bonds. The maximum Gasteiger partial charge on any atom is 0.165 e. The van der Waals surface area contributed by atoms with Crippen LogP contribution in [0.25, 0.3) is 11.1 Å². The van der Waals surface area contributed by atoms with Crippen LogP contribution >= 0.6 is 0 Å². The van der Waals surface area contributed by atoms with Crippen molar-refractivity contribution >= 4 is 0 Å². The van der Waals surface area contributed by atoms with Crippen LogP contribution in [0.3, 0.4) is 0 Å². The zero-order valence-corrected chi connectivity index (χ0v) is 13.1. The average molecular weight is 321 g/mol. The molecule has 0 saturated carbocycles. The van der Waals surface area contributed by atoms with E-state index >= 15 is 0 Å². The van der Waals surface area contributed by atoms with E-state index in [4.69, 9.17) is 0 Å². The van der Waals surface area contributed by atoms with Gasteiger partial charge < -0.3 is 28.1 Å². The molecule has 0 bridgehead atoms. The van der Waals surface area contributed by atoms with Gasteiger partial charge in [0.15, 0.2) is 11.5 Å². The van der Waals surface area contributed by atoms with E-state index in [0.29, 0.717) is 6.04 Å². The number of phenols is 2. The van der Waals surface area contributed by atoms with Crippen LogP contribution in [0.4, 0.5) is 0 Å². The van der Waals surface area contributed by atoms with Gasteiger partial charge in [0, 0.05) is 18.2 Å². The first kappa shape index (κ1) is 16.6. The van der Waals surface area contributed by atoms with Crippen molar-refractivity contribution in [2.75, 3.05) is 13.6 Å². The first-order valence-corrected chi connectivity index (χ1v) is 7.03. The predicted octanol–water partition coefficient (Wildman–Crippen LogP) is -0.971. The van der Waals surface area contributed by atoms with E-state index in [2.05, 4.69) is 30.1 Å². The molecule has 5 heteroatoms. The summed E-state index contributed by atoms with van der Waals surface area (Å²) in [6.45, 7) is 1.07. The Morgan fingerprint density at radius 3 is 2.64 bits per heavy atom. The van der Waals surface area contributed by atoms with E-state index in [1.54, 1.807) is 6.07 Å². The monoisotopic (exact) mass is 320 g/mol. The minimum absolute atomic E-state index is 0. The Hall–Kier alpha value is -1.75. The first-order chi connectivity index (χ1) is 9.66. The van der Waals surface area contributed by atoms with Gasteiger partial charge in [-0.1, -0.05) is 24.3 Å². The fourth-order valence-electron chi connectivity index (χ4n) is 3.67. The van der Waals surface area contributed by atoms with Crippen molar-refractivity contribution in [2.24, 2.45) is 0 Å². The molecule has 22 heavy (non-hydrogen) atoms. The highest BCUT2D eigenvalue weighted by molar-refractivity contribution is 5.82. The second-order valence-electron chi connectivity index (χ2n) is 5.80. The molecule has 0 saturated heterocycles. The summed E-state index contributed by atoms with van der Waals surface area (Å²) in [6, 6.07) is 10.2. The molecule has 1 atom stereocenters. The molecule has 118 valence electrons. The minimum Gasteiger partial charge on any atom is -1.00 e. The molecular formula is C17H19ClNO3-. The summed E-state index contributed by atoms with van der Waals surface area (Å²) in [6.07, 6.45) is 1.94. The van der Waals surface area contributed by atoms with Crippen LogP contribution in [0, 0.1) is 0 Å². The molecule has 0 fully saturated rings. The summed E-state index contributed by atoms with van der Waals surface area (Å²) >= 11 is 0. The number of fused-ring (bicyclic) bond motifs is 2. The number of nitrogens with zero attached hydrogens (tertiary/aromatic N) is 1. The van der Waals surface area contributed by atoms with Gasteiger partial charge >= 0.3 is 0 Å². The van der Waals surface area contributed by atoms with E-state index < -0.39 is 0 Å². The summed E-state index contributed by atoms with van der Waals surface area (Å²) in [5, 5.41) is 20.1. The second-order valence-corrected chi connectivity index (χ2v) is 5.80. The summed E-state index contributed by atoms with van der Waals surface area (Å²) < 4.78 is 0. The number of phenolic OH excluding ortho intramolecular Hbond substituents is 2. The fraction of sp³-hybridized carbons (Fsp3) is 0.294. The predicted molar refractivity (Wildman–Crippen MR) is 81.6 cm³/mol. The maximum atomic E-state index is 10.3. The molecular weight excluding hydrogens is 302 g/mol. The van der Waals surface area contributed by atoms with E-state index in [-0.39, 0.29) is 29.4 Å². The topological polar surface area (TPSA) is 75.2 Å². The molecule has 1 heterocycles. The lowest BCUT2D eigenvalue weighted by atomic mass is 9.77. The van der Waals surface area contributed by atoms with Gasteiger partial charge in [0.25, 0.3) is 0 Å². The lowest BCUT2D eigenvalue weighted by Gasteiger charge is -2.39. The van der Waals surface area contributed by atoms with Gasteiger partial charge in [-0.05, 0) is 48.2 Å². The van der Waals surface area contributed by atoms with Gasteiger partial charge in [0.1, 0.15) is 0 Å². The van der Waals surface area contributed by atoms with Crippen LogP contribution < -0.4 is 12.4 Å². The van der Waals surface area contributed by atoms with Crippen molar-refractivity contribution in [1.82, 2.24) is 4.90 Å². The molecule has 1 aliphatic heterocycles. The molecule has 4 nitrogen and oxygen atoms in total. The lowest BCUT2D eigenvalue weighted by molar-refractivity contribution is -0.00000693. The Labute approximate surface area is 135 Å². The third kappa shape index (κ3) is 2.15. The molecule has 0 radical (unpaired) electrons. The Kier molecular flexibility index (Phi) is 4.38. The molecule has 4 N–H and O–H groups in total. The summed E-state index contributed by atoms with van der Waals surface area (Å²) in [5.74, 6) is -0.0217. The Balaban J connectivity index is 0.000000882. The zero-order valence-electron chi connectivity index (χ0n) is 12.3. The van der Waals surface area contributed by atoms with Gasteiger partial charge in [0.05, 0.1) is 0 Å². The third-order valence-electron chi connectivity index (χ3n) is 4.72. The van der Waals surface area contributed by atoms with Gasteiger partial charge in [-0.2, -0.15) is 0 Å². The Morgan fingerprint density at radius 1 is 1.09 bits per heavy atom.